The van der Waals surface area contributed by atoms with Gasteiger partial charge in [-0.25, -0.2) is 0 Å². The molecule has 2 aliphatic rings. The number of carbonyl (C=O) groups is 2. The maximum Gasteiger partial charge on any atom is 0.314 e. The molecule has 4 rings (SSSR count). The minimum atomic E-state index is -0.913. The first kappa shape index (κ1) is 17.8. The average molecular weight is 367 g/mol. The molecule has 1 saturated heterocycles. The molecule has 6 nitrogen and oxygen atoms in total. The summed E-state index contributed by atoms with van der Waals surface area (Å²) in [6, 6.07) is 11.5. The number of piperidine rings is 1. The number of hydrogen-bond acceptors (Lipinski definition) is 3. The maximum atomic E-state index is 13.1. The van der Waals surface area contributed by atoms with Gasteiger partial charge in [0.2, 0.25) is 0 Å². The summed E-state index contributed by atoms with van der Waals surface area (Å²) in [4.78, 5) is 27.0. The van der Waals surface area contributed by atoms with E-state index in [4.69, 9.17) is 0 Å². The van der Waals surface area contributed by atoms with E-state index in [0.29, 0.717) is 37.7 Å². The maximum absolute atomic E-state index is 13.1. The van der Waals surface area contributed by atoms with Crippen LogP contribution in [0, 0.1) is 0 Å². The van der Waals surface area contributed by atoms with Crippen LogP contribution in [0.25, 0.3) is 0 Å². The number of carboxylic acid groups (broad SMARTS) is 1. The number of likely N-dealkylation sites (tertiary alicyclic amines) is 1. The number of aliphatic carboxylic acids is 1. The van der Waals surface area contributed by atoms with Crippen molar-refractivity contribution in [1.82, 2.24) is 14.7 Å². The molecule has 6 heteroatoms. The molecule has 27 heavy (non-hydrogen) atoms. The molecule has 1 saturated carbocycles. The van der Waals surface area contributed by atoms with Crippen molar-refractivity contribution in [2.75, 3.05) is 13.1 Å². The van der Waals surface area contributed by atoms with Gasteiger partial charge in [-0.2, -0.15) is 5.10 Å². The van der Waals surface area contributed by atoms with E-state index in [2.05, 4.69) is 5.10 Å². The normalized spacial score (nSPS) is 19.9. The van der Waals surface area contributed by atoms with Crippen molar-refractivity contribution in [2.24, 2.45) is 0 Å². The molecule has 0 radical (unpaired) electrons. The number of benzene rings is 1. The lowest BCUT2D eigenvalue weighted by atomic mass is 9.73. The van der Waals surface area contributed by atoms with Crippen LogP contribution >= 0.6 is 0 Å². The van der Waals surface area contributed by atoms with Gasteiger partial charge < -0.3 is 10.0 Å². The third-order valence-electron chi connectivity index (χ3n) is 6.20. The van der Waals surface area contributed by atoms with Gasteiger partial charge in [-0.15, -0.1) is 0 Å². The zero-order valence-corrected chi connectivity index (χ0v) is 15.4. The molecule has 1 N–H and O–H groups in total. The predicted octanol–water partition coefficient (Wildman–Crippen LogP) is 3.26. The van der Waals surface area contributed by atoms with Gasteiger partial charge in [-0.05, 0) is 37.3 Å². The van der Waals surface area contributed by atoms with Gasteiger partial charge in [0.1, 0.15) is 5.69 Å². The Morgan fingerprint density at radius 1 is 1.04 bits per heavy atom. The molecule has 1 aromatic carbocycles. The van der Waals surface area contributed by atoms with Crippen molar-refractivity contribution in [3.63, 3.8) is 0 Å². The Labute approximate surface area is 158 Å². The summed E-state index contributed by atoms with van der Waals surface area (Å²) in [6.45, 7) is 0.881. The number of rotatable bonds is 4. The molecular weight excluding hydrogens is 342 g/mol. The summed E-state index contributed by atoms with van der Waals surface area (Å²) in [7, 11) is 0. The van der Waals surface area contributed by atoms with Crippen molar-refractivity contribution in [3.05, 3.63) is 53.9 Å². The second-order valence-electron chi connectivity index (χ2n) is 7.64. The molecule has 1 aromatic heterocycles. The first-order valence-electron chi connectivity index (χ1n) is 9.73. The third kappa shape index (κ3) is 3.13. The largest absolute Gasteiger partial charge is 0.481 e. The lowest BCUT2D eigenvalue weighted by Crippen LogP contribution is -2.49. The minimum absolute atomic E-state index is 0.0357. The van der Waals surface area contributed by atoms with Crippen molar-refractivity contribution >= 4 is 11.9 Å². The van der Waals surface area contributed by atoms with Gasteiger partial charge in [-0.1, -0.05) is 43.2 Å². The first-order chi connectivity index (χ1) is 13.1. The van der Waals surface area contributed by atoms with Crippen LogP contribution in [0.15, 0.2) is 42.6 Å². The fourth-order valence-electron chi connectivity index (χ4n) is 4.56. The Balaban J connectivity index is 1.51. The Morgan fingerprint density at radius 2 is 1.70 bits per heavy atom. The van der Waals surface area contributed by atoms with Gasteiger partial charge in [0.15, 0.2) is 0 Å². The number of amides is 1. The first-order valence-corrected chi connectivity index (χ1v) is 9.73. The number of hydrogen-bond donors (Lipinski definition) is 1. The van der Waals surface area contributed by atoms with Crippen molar-refractivity contribution in [3.8, 4) is 0 Å². The Hall–Kier alpha value is -2.63. The summed E-state index contributed by atoms with van der Waals surface area (Å²) < 4.78 is 1.88. The second-order valence-corrected chi connectivity index (χ2v) is 7.64. The van der Waals surface area contributed by atoms with E-state index in [1.807, 2.05) is 35.0 Å². The van der Waals surface area contributed by atoms with Crippen LogP contribution in [0.2, 0.25) is 0 Å². The van der Waals surface area contributed by atoms with Gasteiger partial charge in [-0.3, -0.25) is 14.3 Å². The summed E-state index contributed by atoms with van der Waals surface area (Å²) in [6.07, 6.45) is 7.04. The summed E-state index contributed by atoms with van der Waals surface area (Å²) in [5.74, 6) is -0.844. The highest BCUT2D eigenvalue weighted by Gasteiger charge is 2.44. The Kier molecular flexibility index (Phi) is 4.72. The molecule has 1 aliphatic heterocycles. The standard InChI is InChI=1S/C21H25N3O3/c25-19(18-10-13-22-24(18)17-8-4-5-9-17)23-14-11-21(12-15-23,20(26)27)16-6-2-1-3-7-16/h1-3,6-7,10,13,17H,4-5,8-9,11-12,14-15H2,(H,26,27). The van der Waals surface area contributed by atoms with Crippen LogP contribution in [-0.2, 0) is 10.2 Å². The zero-order chi connectivity index (χ0) is 18.9. The van der Waals surface area contributed by atoms with Crippen LogP contribution in [0.5, 0.6) is 0 Å². The highest BCUT2D eigenvalue weighted by atomic mass is 16.4. The lowest BCUT2D eigenvalue weighted by Gasteiger charge is -2.39. The van der Waals surface area contributed by atoms with Gasteiger partial charge >= 0.3 is 5.97 Å². The van der Waals surface area contributed by atoms with Crippen LogP contribution in [0.4, 0.5) is 0 Å². The Morgan fingerprint density at radius 3 is 2.33 bits per heavy atom. The molecule has 142 valence electrons. The fraction of sp³-hybridized carbons (Fsp3) is 0.476. The zero-order valence-electron chi connectivity index (χ0n) is 15.4. The van der Waals surface area contributed by atoms with Crippen molar-refractivity contribution in [2.45, 2.75) is 50.0 Å². The average Bonchev–Trinajstić information content (AvgIpc) is 3.39. The quantitative estimate of drug-likeness (QED) is 0.900. The monoisotopic (exact) mass is 367 g/mol. The van der Waals surface area contributed by atoms with Gasteiger partial charge in [0.25, 0.3) is 5.91 Å². The molecule has 0 spiro atoms. The highest BCUT2D eigenvalue weighted by molar-refractivity contribution is 5.93. The fourth-order valence-corrected chi connectivity index (χ4v) is 4.56. The van der Waals surface area contributed by atoms with Crippen LogP contribution in [-0.4, -0.2) is 44.8 Å². The third-order valence-corrected chi connectivity index (χ3v) is 6.20. The predicted molar refractivity (Wildman–Crippen MR) is 101 cm³/mol. The van der Waals surface area contributed by atoms with E-state index in [0.717, 1.165) is 18.4 Å². The Bertz CT molecular complexity index is 816. The van der Waals surface area contributed by atoms with E-state index in [9.17, 15) is 14.7 Å². The number of carbonyl (C=O) groups excluding carboxylic acids is 1. The van der Waals surface area contributed by atoms with Gasteiger partial charge in [0, 0.05) is 19.3 Å². The van der Waals surface area contributed by atoms with E-state index in [1.165, 1.54) is 12.8 Å². The van der Waals surface area contributed by atoms with E-state index in [1.54, 1.807) is 17.2 Å². The molecule has 0 atom stereocenters. The summed E-state index contributed by atoms with van der Waals surface area (Å²) >= 11 is 0. The smallest absolute Gasteiger partial charge is 0.314 e. The molecule has 0 bridgehead atoms. The summed E-state index contributed by atoms with van der Waals surface area (Å²) in [5.41, 5.74) is 0.536. The van der Waals surface area contributed by atoms with Crippen LogP contribution in [0.1, 0.15) is 60.6 Å². The topological polar surface area (TPSA) is 75.4 Å². The van der Waals surface area contributed by atoms with Crippen molar-refractivity contribution in [1.29, 1.82) is 0 Å². The van der Waals surface area contributed by atoms with Crippen molar-refractivity contribution < 1.29 is 14.7 Å². The van der Waals surface area contributed by atoms with Gasteiger partial charge in [0.05, 0.1) is 11.5 Å². The molecule has 2 aromatic rings. The molecule has 0 unspecified atom stereocenters. The molecular formula is C21H25N3O3. The second kappa shape index (κ2) is 7.18. The molecule has 1 amide bonds. The highest BCUT2D eigenvalue weighted by Crippen LogP contribution is 2.36. The summed E-state index contributed by atoms with van der Waals surface area (Å²) in [5, 5.41) is 14.3. The van der Waals surface area contributed by atoms with E-state index < -0.39 is 11.4 Å². The molecule has 2 heterocycles. The molecule has 1 aliphatic carbocycles. The molecule has 2 fully saturated rings. The van der Waals surface area contributed by atoms with Crippen LogP contribution in [0.3, 0.4) is 0 Å². The number of carboxylic acids is 1. The van der Waals surface area contributed by atoms with E-state index in [-0.39, 0.29) is 5.91 Å². The number of aromatic nitrogens is 2. The van der Waals surface area contributed by atoms with Crippen LogP contribution < -0.4 is 0 Å². The SMILES string of the molecule is O=C(c1ccnn1C1CCCC1)N1CCC(C(=O)O)(c2ccccc2)CC1. The van der Waals surface area contributed by atoms with E-state index >= 15 is 0 Å². The lowest BCUT2D eigenvalue weighted by molar-refractivity contribution is -0.145. The number of nitrogens with zero attached hydrogens (tertiary/aromatic N) is 3. The minimum Gasteiger partial charge on any atom is -0.481 e.